The first-order valence-corrected chi connectivity index (χ1v) is 15.7. The van der Waals surface area contributed by atoms with E-state index in [1.807, 2.05) is 109 Å². The number of nitrogens with one attached hydrogen (secondary N) is 1. The number of fused-ring (bicyclic) bond motifs is 1. The molecule has 2 heterocycles. The van der Waals surface area contributed by atoms with Crippen LogP contribution < -0.4 is 14.8 Å². The molecule has 0 unspecified atom stereocenters. The summed E-state index contributed by atoms with van der Waals surface area (Å²) in [5.74, 6) is 2.75. The Morgan fingerprint density at radius 1 is 0.778 bits per heavy atom. The molecule has 0 aliphatic carbocycles. The van der Waals surface area contributed by atoms with Gasteiger partial charge in [0.15, 0.2) is 17.3 Å². The summed E-state index contributed by atoms with van der Waals surface area (Å²) in [5.41, 5.74) is 3.92. The van der Waals surface area contributed by atoms with E-state index in [0.717, 1.165) is 79.2 Å². The third kappa shape index (κ3) is 8.82. The molecule has 1 fully saturated rings. The molecule has 1 N–H and O–H groups in total. The van der Waals surface area contributed by atoms with Crippen molar-refractivity contribution in [2.45, 2.75) is 19.6 Å². The molecule has 45 heavy (non-hydrogen) atoms. The summed E-state index contributed by atoms with van der Waals surface area (Å²) >= 11 is 6.34. The molecule has 1 aliphatic rings. The van der Waals surface area contributed by atoms with Crippen LogP contribution >= 0.6 is 11.6 Å². The van der Waals surface area contributed by atoms with E-state index in [-0.39, 0.29) is 0 Å². The molecule has 0 bridgehead atoms. The van der Waals surface area contributed by atoms with E-state index in [2.05, 4.69) is 10.2 Å². The zero-order valence-corrected chi connectivity index (χ0v) is 26.0. The maximum Gasteiger partial charge on any atom is 0.162 e. The Morgan fingerprint density at radius 3 is 2.22 bits per heavy atom. The van der Waals surface area contributed by atoms with Crippen LogP contribution in [0.5, 0.6) is 11.5 Å². The van der Waals surface area contributed by atoms with Gasteiger partial charge in [0, 0.05) is 30.0 Å². The topological polar surface area (TPSA) is 68.7 Å². The Kier molecular flexibility index (Phi) is 10.6. The number of aromatic nitrogens is 2. The molecule has 0 amide bonds. The molecule has 6 rings (SSSR count). The number of rotatable bonds is 13. The number of ether oxygens (including phenoxy) is 3. The predicted molar refractivity (Wildman–Crippen MR) is 182 cm³/mol. The smallest absolute Gasteiger partial charge is 0.162 e. The van der Waals surface area contributed by atoms with Gasteiger partial charge in [-0.1, -0.05) is 84.4 Å². The molecular formula is C37H37ClN4O3. The molecule has 0 saturated carbocycles. The number of hydrogen-bond donors (Lipinski definition) is 1. The van der Waals surface area contributed by atoms with E-state index in [1.54, 1.807) is 0 Å². The first kappa shape index (κ1) is 30.6. The van der Waals surface area contributed by atoms with Crippen molar-refractivity contribution in [1.29, 1.82) is 0 Å². The van der Waals surface area contributed by atoms with E-state index in [1.165, 1.54) is 0 Å². The van der Waals surface area contributed by atoms with Crippen LogP contribution in [0.1, 0.15) is 28.9 Å². The molecule has 5 aromatic rings. The normalized spacial score (nSPS) is 13.7. The average Bonchev–Trinajstić information content (AvgIpc) is 3.09. The zero-order valence-electron chi connectivity index (χ0n) is 25.2. The Bertz CT molecular complexity index is 1710. The molecular weight excluding hydrogens is 584 g/mol. The highest BCUT2D eigenvalue weighted by Gasteiger charge is 2.12. The number of anilines is 1. The van der Waals surface area contributed by atoms with Gasteiger partial charge in [-0.3, -0.25) is 4.90 Å². The summed E-state index contributed by atoms with van der Waals surface area (Å²) in [6, 6.07) is 31.9. The lowest BCUT2D eigenvalue weighted by Crippen LogP contribution is -2.37. The molecule has 1 saturated heterocycles. The monoisotopic (exact) mass is 620 g/mol. The summed E-state index contributed by atoms with van der Waals surface area (Å²) in [6.45, 7) is 6.32. The Balaban J connectivity index is 1.19. The Morgan fingerprint density at radius 2 is 1.49 bits per heavy atom. The predicted octanol–water partition coefficient (Wildman–Crippen LogP) is 7.75. The SMILES string of the molecule is Clc1ccc2c(NCCCN3CCOCC3)nc(C=Cc3ccc(OCc4ccccc4)c(OCc4ccccc4)c3)nc2c1. The van der Waals surface area contributed by atoms with Crippen LogP contribution in [-0.4, -0.2) is 54.3 Å². The van der Waals surface area contributed by atoms with Crippen molar-refractivity contribution in [2.75, 3.05) is 44.7 Å². The Labute approximate surface area is 269 Å². The molecule has 8 heteroatoms. The fraction of sp³-hybridized carbons (Fsp3) is 0.243. The molecule has 0 radical (unpaired) electrons. The lowest BCUT2D eigenvalue weighted by Gasteiger charge is -2.26. The second kappa shape index (κ2) is 15.5. The largest absolute Gasteiger partial charge is 0.485 e. The molecule has 7 nitrogen and oxygen atoms in total. The van der Waals surface area contributed by atoms with E-state index >= 15 is 0 Å². The highest BCUT2D eigenvalue weighted by atomic mass is 35.5. The molecule has 230 valence electrons. The zero-order chi connectivity index (χ0) is 30.7. The van der Waals surface area contributed by atoms with E-state index in [4.69, 9.17) is 35.8 Å². The van der Waals surface area contributed by atoms with Gasteiger partial charge in [-0.25, -0.2) is 9.97 Å². The maximum absolute atomic E-state index is 6.34. The van der Waals surface area contributed by atoms with E-state index < -0.39 is 0 Å². The van der Waals surface area contributed by atoms with Crippen LogP contribution in [0.25, 0.3) is 23.1 Å². The van der Waals surface area contributed by atoms with Gasteiger partial charge in [-0.2, -0.15) is 0 Å². The quantitative estimate of drug-likeness (QED) is 0.135. The van der Waals surface area contributed by atoms with E-state index in [0.29, 0.717) is 35.6 Å². The van der Waals surface area contributed by atoms with Crippen LogP contribution in [0.2, 0.25) is 5.02 Å². The van der Waals surface area contributed by atoms with Crippen molar-refractivity contribution in [1.82, 2.24) is 14.9 Å². The molecule has 4 aromatic carbocycles. The van der Waals surface area contributed by atoms with Crippen molar-refractivity contribution >= 4 is 40.5 Å². The first-order chi connectivity index (χ1) is 22.2. The van der Waals surface area contributed by atoms with Crippen molar-refractivity contribution < 1.29 is 14.2 Å². The second-order valence-corrected chi connectivity index (χ2v) is 11.4. The molecule has 1 aliphatic heterocycles. The average molecular weight is 621 g/mol. The van der Waals surface area contributed by atoms with Crippen LogP contribution in [0, 0.1) is 0 Å². The van der Waals surface area contributed by atoms with Gasteiger partial charge in [0.05, 0.1) is 18.7 Å². The number of hydrogen-bond acceptors (Lipinski definition) is 7. The minimum atomic E-state index is 0.435. The number of halogens is 1. The van der Waals surface area contributed by atoms with Crippen LogP contribution in [-0.2, 0) is 18.0 Å². The summed E-state index contributed by atoms with van der Waals surface area (Å²) in [5, 5.41) is 5.12. The van der Waals surface area contributed by atoms with Crippen LogP contribution in [0.15, 0.2) is 97.1 Å². The lowest BCUT2D eigenvalue weighted by atomic mass is 10.1. The van der Waals surface area contributed by atoms with Gasteiger partial charge in [-0.05, 0) is 66.1 Å². The summed E-state index contributed by atoms with van der Waals surface area (Å²) in [4.78, 5) is 12.1. The second-order valence-electron chi connectivity index (χ2n) is 10.9. The van der Waals surface area contributed by atoms with Crippen molar-refractivity contribution in [3.63, 3.8) is 0 Å². The third-order valence-electron chi connectivity index (χ3n) is 7.59. The van der Waals surface area contributed by atoms with Crippen molar-refractivity contribution in [2.24, 2.45) is 0 Å². The highest BCUT2D eigenvalue weighted by molar-refractivity contribution is 6.31. The molecule has 0 atom stereocenters. The molecule has 1 aromatic heterocycles. The third-order valence-corrected chi connectivity index (χ3v) is 7.83. The van der Waals surface area contributed by atoms with Crippen LogP contribution in [0.3, 0.4) is 0 Å². The number of morpholine rings is 1. The standard InChI is InChI=1S/C37H37ClN4O3/c38-31-14-15-32-33(25-31)40-36(41-37(32)39-18-7-19-42-20-22-43-23-21-42)17-13-28-12-16-34(44-26-29-8-3-1-4-9-29)35(24-28)45-27-30-10-5-2-6-11-30/h1-6,8-17,24-25H,7,18-23,26-27H2,(H,39,40,41). The summed E-state index contributed by atoms with van der Waals surface area (Å²) in [6.07, 6.45) is 4.92. The summed E-state index contributed by atoms with van der Waals surface area (Å²) < 4.78 is 17.9. The number of nitrogens with zero attached hydrogens (tertiary/aromatic N) is 3. The van der Waals surface area contributed by atoms with Crippen molar-refractivity contribution in [3.05, 3.63) is 125 Å². The maximum atomic E-state index is 6.34. The fourth-order valence-corrected chi connectivity index (χ4v) is 5.33. The Hall–Kier alpha value is -4.43. The van der Waals surface area contributed by atoms with Gasteiger partial charge < -0.3 is 19.5 Å². The van der Waals surface area contributed by atoms with Gasteiger partial charge in [0.1, 0.15) is 19.0 Å². The van der Waals surface area contributed by atoms with Gasteiger partial charge in [0.2, 0.25) is 0 Å². The molecule has 0 spiro atoms. The minimum absolute atomic E-state index is 0.435. The van der Waals surface area contributed by atoms with Crippen molar-refractivity contribution in [3.8, 4) is 11.5 Å². The number of benzene rings is 4. The van der Waals surface area contributed by atoms with Gasteiger partial charge in [-0.15, -0.1) is 0 Å². The highest BCUT2D eigenvalue weighted by Crippen LogP contribution is 2.31. The lowest BCUT2D eigenvalue weighted by molar-refractivity contribution is 0.0378. The van der Waals surface area contributed by atoms with Crippen LogP contribution in [0.4, 0.5) is 5.82 Å². The first-order valence-electron chi connectivity index (χ1n) is 15.4. The summed E-state index contributed by atoms with van der Waals surface area (Å²) in [7, 11) is 0. The minimum Gasteiger partial charge on any atom is -0.485 e. The van der Waals surface area contributed by atoms with Gasteiger partial charge in [0.25, 0.3) is 0 Å². The van der Waals surface area contributed by atoms with E-state index in [9.17, 15) is 0 Å². The van der Waals surface area contributed by atoms with Gasteiger partial charge >= 0.3 is 0 Å². The fourth-order valence-electron chi connectivity index (χ4n) is 5.17.